The number of benzene rings is 3. The van der Waals surface area contributed by atoms with Crippen molar-refractivity contribution in [2.75, 3.05) is 24.7 Å². The molecule has 3 rings (SSSR count). The topological polar surface area (TPSA) is 41.1 Å². The Labute approximate surface area is 152 Å². The number of amides is 1. The number of carbonyl (C=O) groups excluding carboxylic acids is 1. The fourth-order valence-corrected chi connectivity index (χ4v) is 3.30. The Kier molecular flexibility index (Phi) is 5.96. The summed E-state index contributed by atoms with van der Waals surface area (Å²) in [7, 11) is 0. The van der Waals surface area contributed by atoms with Crippen molar-refractivity contribution in [3.05, 3.63) is 77.9 Å². The zero-order chi connectivity index (χ0) is 17.5. The Balaban J connectivity index is 1.51. The van der Waals surface area contributed by atoms with Crippen LogP contribution >= 0.6 is 11.8 Å². The molecule has 0 unspecified atom stereocenters. The highest BCUT2D eigenvalue weighted by Gasteiger charge is 2.05. The Morgan fingerprint density at radius 1 is 0.920 bits per heavy atom. The van der Waals surface area contributed by atoms with Gasteiger partial charge in [0.1, 0.15) is 0 Å². The van der Waals surface area contributed by atoms with Crippen LogP contribution < -0.4 is 10.6 Å². The minimum absolute atomic E-state index is 0.0320. The van der Waals surface area contributed by atoms with Gasteiger partial charge in [-0.05, 0) is 35.4 Å². The Morgan fingerprint density at radius 2 is 1.68 bits per heavy atom. The average molecular weight is 350 g/mol. The second-order valence-electron chi connectivity index (χ2n) is 5.84. The van der Waals surface area contributed by atoms with E-state index in [1.165, 1.54) is 16.3 Å². The van der Waals surface area contributed by atoms with Crippen molar-refractivity contribution in [3.63, 3.8) is 0 Å². The van der Waals surface area contributed by atoms with Crippen molar-refractivity contribution in [1.82, 2.24) is 5.32 Å². The molecule has 0 saturated heterocycles. The first-order chi connectivity index (χ1) is 12.3. The fourth-order valence-electron chi connectivity index (χ4n) is 2.77. The quantitative estimate of drug-likeness (QED) is 0.615. The van der Waals surface area contributed by atoms with Gasteiger partial charge in [-0.3, -0.25) is 4.79 Å². The molecule has 4 heteroatoms. The van der Waals surface area contributed by atoms with E-state index in [-0.39, 0.29) is 5.91 Å². The molecule has 0 atom stereocenters. The number of thioether (sulfide) groups is 1. The zero-order valence-corrected chi connectivity index (χ0v) is 15.1. The van der Waals surface area contributed by atoms with Gasteiger partial charge in [0.2, 0.25) is 0 Å². The number of anilines is 1. The summed E-state index contributed by atoms with van der Waals surface area (Å²) >= 11 is 1.78. The molecule has 1 amide bonds. The van der Waals surface area contributed by atoms with Gasteiger partial charge in [0.15, 0.2) is 0 Å². The van der Waals surface area contributed by atoms with Crippen LogP contribution in [-0.4, -0.2) is 25.3 Å². The summed E-state index contributed by atoms with van der Waals surface area (Å²) in [6.45, 7) is 1.26. The van der Waals surface area contributed by atoms with Crippen LogP contribution in [0.1, 0.15) is 15.9 Å². The average Bonchev–Trinajstić information content (AvgIpc) is 2.66. The molecule has 0 aliphatic heterocycles. The third kappa shape index (κ3) is 4.54. The summed E-state index contributed by atoms with van der Waals surface area (Å²) in [4.78, 5) is 12.2. The van der Waals surface area contributed by atoms with E-state index < -0.39 is 0 Å². The summed E-state index contributed by atoms with van der Waals surface area (Å²) in [5.41, 5.74) is 3.03. The van der Waals surface area contributed by atoms with Crippen LogP contribution in [0, 0.1) is 0 Å². The Bertz CT molecular complexity index is 841. The van der Waals surface area contributed by atoms with E-state index in [4.69, 9.17) is 0 Å². The van der Waals surface area contributed by atoms with Crippen LogP contribution in [0.3, 0.4) is 0 Å². The molecule has 0 radical (unpaired) electrons. The number of fused-ring (bicyclic) bond motifs is 1. The van der Waals surface area contributed by atoms with E-state index in [1.54, 1.807) is 11.8 Å². The molecule has 2 N–H and O–H groups in total. The molecule has 128 valence electrons. The number of hydrogen-bond donors (Lipinski definition) is 2. The molecule has 25 heavy (non-hydrogen) atoms. The van der Waals surface area contributed by atoms with Crippen LogP contribution in [0.4, 0.5) is 5.69 Å². The minimum Gasteiger partial charge on any atom is -0.383 e. The van der Waals surface area contributed by atoms with Crippen LogP contribution in [-0.2, 0) is 5.75 Å². The van der Waals surface area contributed by atoms with Gasteiger partial charge in [0, 0.05) is 35.5 Å². The molecule has 3 aromatic rings. The van der Waals surface area contributed by atoms with Crippen LogP contribution in [0.25, 0.3) is 10.8 Å². The lowest BCUT2D eigenvalue weighted by Crippen LogP contribution is -2.28. The lowest BCUT2D eigenvalue weighted by atomic mass is 10.1. The van der Waals surface area contributed by atoms with Crippen LogP contribution in [0.15, 0.2) is 66.7 Å². The van der Waals surface area contributed by atoms with Gasteiger partial charge in [0.05, 0.1) is 0 Å². The summed E-state index contributed by atoms with van der Waals surface area (Å²) in [5.74, 6) is 0.937. The molecular weight excluding hydrogens is 328 g/mol. The molecular formula is C21H22N2OS. The molecule has 0 heterocycles. The van der Waals surface area contributed by atoms with Gasteiger partial charge >= 0.3 is 0 Å². The van der Waals surface area contributed by atoms with Gasteiger partial charge in [-0.1, -0.05) is 48.5 Å². The molecule has 0 fully saturated rings. The van der Waals surface area contributed by atoms with E-state index in [1.807, 2.05) is 42.5 Å². The first kappa shape index (κ1) is 17.4. The molecule has 0 aliphatic rings. The van der Waals surface area contributed by atoms with Gasteiger partial charge in [-0.2, -0.15) is 11.8 Å². The minimum atomic E-state index is -0.0320. The van der Waals surface area contributed by atoms with Gasteiger partial charge < -0.3 is 10.6 Å². The van der Waals surface area contributed by atoms with Gasteiger partial charge in [0.25, 0.3) is 5.91 Å². The molecule has 0 spiro atoms. The van der Waals surface area contributed by atoms with Gasteiger partial charge in [-0.15, -0.1) is 0 Å². The number of carbonyl (C=O) groups is 1. The van der Waals surface area contributed by atoms with E-state index in [0.717, 1.165) is 11.4 Å². The summed E-state index contributed by atoms with van der Waals surface area (Å²) in [5, 5.41) is 8.77. The SMILES string of the molecule is CSCc1ccc(C(=O)NCCNc2cccc3ccccc23)cc1. The largest absolute Gasteiger partial charge is 0.383 e. The molecule has 0 aliphatic carbocycles. The number of nitrogens with one attached hydrogen (secondary N) is 2. The summed E-state index contributed by atoms with van der Waals surface area (Å²) in [6, 6.07) is 22.3. The number of rotatable bonds is 7. The first-order valence-electron chi connectivity index (χ1n) is 8.35. The van der Waals surface area contributed by atoms with Crippen molar-refractivity contribution >= 4 is 34.1 Å². The van der Waals surface area contributed by atoms with Crippen molar-refractivity contribution < 1.29 is 4.79 Å². The van der Waals surface area contributed by atoms with E-state index in [2.05, 4.69) is 41.2 Å². The zero-order valence-electron chi connectivity index (χ0n) is 14.3. The van der Waals surface area contributed by atoms with Crippen LogP contribution in [0.2, 0.25) is 0 Å². The van der Waals surface area contributed by atoms with E-state index in [9.17, 15) is 4.79 Å². The predicted octanol–water partition coefficient (Wildman–Crippen LogP) is 4.54. The molecule has 0 bridgehead atoms. The van der Waals surface area contributed by atoms with E-state index in [0.29, 0.717) is 18.7 Å². The number of hydrogen-bond acceptors (Lipinski definition) is 3. The Hall–Kier alpha value is -2.46. The van der Waals surface area contributed by atoms with Crippen molar-refractivity contribution in [2.45, 2.75) is 5.75 Å². The standard InChI is InChI=1S/C21H22N2OS/c1-25-15-16-9-11-18(12-10-16)21(24)23-14-13-22-20-8-4-6-17-5-2-3-7-19(17)20/h2-12,22H,13-15H2,1H3,(H,23,24). The molecule has 3 aromatic carbocycles. The van der Waals surface area contributed by atoms with Gasteiger partial charge in [-0.25, -0.2) is 0 Å². The Morgan fingerprint density at radius 3 is 2.48 bits per heavy atom. The van der Waals surface area contributed by atoms with E-state index >= 15 is 0 Å². The third-order valence-electron chi connectivity index (χ3n) is 4.04. The maximum Gasteiger partial charge on any atom is 0.251 e. The van der Waals surface area contributed by atoms with Crippen LogP contribution in [0.5, 0.6) is 0 Å². The lowest BCUT2D eigenvalue weighted by Gasteiger charge is -2.11. The highest BCUT2D eigenvalue weighted by Crippen LogP contribution is 2.22. The normalized spacial score (nSPS) is 10.6. The first-order valence-corrected chi connectivity index (χ1v) is 9.75. The lowest BCUT2D eigenvalue weighted by molar-refractivity contribution is 0.0955. The smallest absolute Gasteiger partial charge is 0.251 e. The predicted molar refractivity (Wildman–Crippen MR) is 108 cm³/mol. The van der Waals surface area contributed by atoms with Crippen molar-refractivity contribution in [1.29, 1.82) is 0 Å². The second-order valence-corrected chi connectivity index (χ2v) is 6.71. The summed E-state index contributed by atoms with van der Waals surface area (Å²) < 4.78 is 0. The fraction of sp³-hybridized carbons (Fsp3) is 0.190. The third-order valence-corrected chi connectivity index (χ3v) is 4.66. The van der Waals surface area contributed by atoms with Crippen molar-refractivity contribution in [3.8, 4) is 0 Å². The monoisotopic (exact) mass is 350 g/mol. The highest BCUT2D eigenvalue weighted by atomic mass is 32.2. The maximum atomic E-state index is 12.2. The molecule has 0 aromatic heterocycles. The molecule has 3 nitrogen and oxygen atoms in total. The molecule has 0 saturated carbocycles. The second kappa shape index (κ2) is 8.58. The maximum absolute atomic E-state index is 12.2. The highest BCUT2D eigenvalue weighted by molar-refractivity contribution is 7.97. The summed E-state index contributed by atoms with van der Waals surface area (Å²) in [6.07, 6.45) is 2.07. The van der Waals surface area contributed by atoms with Crippen molar-refractivity contribution in [2.24, 2.45) is 0 Å².